The molecule has 11 heavy (non-hydrogen) atoms. The summed E-state index contributed by atoms with van der Waals surface area (Å²) in [5.74, 6) is 2.64. The first kappa shape index (κ1) is 9.05. The average Bonchev–Trinajstić information content (AvgIpc) is 2.81. The normalized spacial score (nSPS) is 23.2. The van der Waals surface area contributed by atoms with Gasteiger partial charge in [-0.2, -0.15) is 0 Å². The van der Waals surface area contributed by atoms with Crippen LogP contribution in [-0.2, 0) is 0 Å². The van der Waals surface area contributed by atoms with Crippen molar-refractivity contribution in [3.8, 4) is 0 Å². The van der Waals surface area contributed by atoms with Gasteiger partial charge in [0.2, 0.25) is 0 Å². The van der Waals surface area contributed by atoms with Gasteiger partial charge in [0.25, 0.3) is 0 Å². The Morgan fingerprint density at radius 3 is 2.36 bits per heavy atom. The topological polar surface area (TPSA) is 26.0 Å². The van der Waals surface area contributed by atoms with Crippen LogP contribution >= 0.6 is 0 Å². The van der Waals surface area contributed by atoms with Crippen molar-refractivity contribution in [2.24, 2.45) is 23.5 Å². The van der Waals surface area contributed by atoms with Crippen molar-refractivity contribution < 1.29 is 0 Å². The predicted octanol–water partition coefficient (Wildman–Crippen LogP) is 2.41. The molecule has 1 fully saturated rings. The van der Waals surface area contributed by atoms with Gasteiger partial charge in [-0.3, -0.25) is 0 Å². The van der Waals surface area contributed by atoms with Crippen LogP contribution in [0.25, 0.3) is 0 Å². The van der Waals surface area contributed by atoms with Crippen LogP contribution in [0.3, 0.4) is 0 Å². The maximum absolute atomic E-state index is 5.59. The highest BCUT2D eigenvalue weighted by molar-refractivity contribution is 4.74. The van der Waals surface area contributed by atoms with E-state index in [1.54, 1.807) is 0 Å². The van der Waals surface area contributed by atoms with Gasteiger partial charge in [-0.25, -0.2) is 0 Å². The van der Waals surface area contributed by atoms with Gasteiger partial charge < -0.3 is 5.73 Å². The molecule has 2 N–H and O–H groups in total. The summed E-state index contributed by atoms with van der Waals surface area (Å²) in [5.41, 5.74) is 5.59. The van der Waals surface area contributed by atoms with Gasteiger partial charge in [0, 0.05) is 0 Å². The lowest BCUT2D eigenvalue weighted by Gasteiger charge is -2.17. The van der Waals surface area contributed by atoms with E-state index in [4.69, 9.17) is 5.73 Å². The summed E-state index contributed by atoms with van der Waals surface area (Å²) in [4.78, 5) is 0. The molecule has 66 valence electrons. The quantitative estimate of drug-likeness (QED) is 0.648. The summed E-state index contributed by atoms with van der Waals surface area (Å²) in [6, 6.07) is 0. The van der Waals surface area contributed by atoms with E-state index in [2.05, 4.69) is 13.8 Å². The van der Waals surface area contributed by atoms with E-state index >= 15 is 0 Å². The molecule has 0 radical (unpaired) electrons. The highest BCUT2D eigenvalue weighted by atomic mass is 14.5. The van der Waals surface area contributed by atoms with Gasteiger partial charge in [-0.1, -0.05) is 39.5 Å². The van der Waals surface area contributed by atoms with E-state index in [0.29, 0.717) is 5.92 Å². The van der Waals surface area contributed by atoms with Crippen LogP contribution in [0.4, 0.5) is 0 Å². The van der Waals surface area contributed by atoms with E-state index in [-0.39, 0.29) is 0 Å². The van der Waals surface area contributed by atoms with Crippen LogP contribution in [0.2, 0.25) is 0 Å². The van der Waals surface area contributed by atoms with Gasteiger partial charge in [-0.15, -0.1) is 0 Å². The van der Waals surface area contributed by atoms with Crippen LogP contribution < -0.4 is 5.73 Å². The highest BCUT2D eigenvalue weighted by Gasteiger charge is 2.22. The lowest BCUT2D eigenvalue weighted by atomic mass is 9.91. The SMILES string of the molecule is CC(CN)C(C)CCC1CC1. The second kappa shape index (κ2) is 4.10. The number of nitrogens with two attached hydrogens (primary N) is 1. The fourth-order valence-corrected chi connectivity index (χ4v) is 1.42. The molecule has 0 bridgehead atoms. The van der Waals surface area contributed by atoms with Gasteiger partial charge in [0.05, 0.1) is 0 Å². The van der Waals surface area contributed by atoms with Gasteiger partial charge in [0.15, 0.2) is 0 Å². The molecule has 0 saturated heterocycles. The summed E-state index contributed by atoms with van der Waals surface area (Å²) in [5, 5.41) is 0. The van der Waals surface area contributed by atoms with Crippen molar-refractivity contribution >= 4 is 0 Å². The molecule has 1 aliphatic rings. The molecule has 1 rings (SSSR count). The van der Waals surface area contributed by atoms with Crippen LogP contribution in [0, 0.1) is 17.8 Å². The van der Waals surface area contributed by atoms with Crippen LogP contribution in [0.15, 0.2) is 0 Å². The summed E-state index contributed by atoms with van der Waals surface area (Å²) >= 11 is 0. The Hall–Kier alpha value is -0.0400. The number of hydrogen-bond donors (Lipinski definition) is 1. The maximum atomic E-state index is 5.59. The zero-order valence-electron chi connectivity index (χ0n) is 7.84. The summed E-state index contributed by atoms with van der Waals surface area (Å²) in [7, 11) is 0. The zero-order chi connectivity index (χ0) is 8.27. The van der Waals surface area contributed by atoms with E-state index in [9.17, 15) is 0 Å². The Morgan fingerprint density at radius 2 is 1.91 bits per heavy atom. The molecule has 0 aliphatic heterocycles. The third-order valence-corrected chi connectivity index (χ3v) is 3.07. The minimum absolute atomic E-state index is 0.716. The third-order valence-electron chi connectivity index (χ3n) is 3.07. The molecule has 0 aromatic rings. The summed E-state index contributed by atoms with van der Waals surface area (Å²) in [6.45, 7) is 5.45. The average molecular weight is 155 g/mol. The smallest absolute Gasteiger partial charge is 0.00490 e. The lowest BCUT2D eigenvalue weighted by Crippen LogP contribution is -2.18. The minimum atomic E-state index is 0.716. The first-order valence-corrected chi connectivity index (χ1v) is 4.94. The van der Waals surface area contributed by atoms with Crippen molar-refractivity contribution in [2.75, 3.05) is 6.54 Å². The Kier molecular flexibility index (Phi) is 3.38. The fraction of sp³-hybridized carbons (Fsp3) is 1.00. The Labute approximate surface area is 70.4 Å². The molecule has 0 aromatic carbocycles. The molecule has 2 unspecified atom stereocenters. The van der Waals surface area contributed by atoms with Crippen LogP contribution in [0.5, 0.6) is 0 Å². The zero-order valence-corrected chi connectivity index (χ0v) is 7.84. The van der Waals surface area contributed by atoms with E-state index < -0.39 is 0 Å². The molecule has 0 amide bonds. The van der Waals surface area contributed by atoms with E-state index in [1.807, 2.05) is 0 Å². The van der Waals surface area contributed by atoms with Crippen molar-refractivity contribution in [3.63, 3.8) is 0 Å². The molecule has 1 saturated carbocycles. The first-order chi connectivity index (χ1) is 5.24. The van der Waals surface area contributed by atoms with Gasteiger partial charge in [-0.05, 0) is 24.3 Å². The van der Waals surface area contributed by atoms with Crippen molar-refractivity contribution in [3.05, 3.63) is 0 Å². The van der Waals surface area contributed by atoms with E-state index in [0.717, 1.165) is 18.4 Å². The Bertz CT molecular complexity index is 107. The minimum Gasteiger partial charge on any atom is -0.330 e. The molecule has 1 aliphatic carbocycles. The van der Waals surface area contributed by atoms with Crippen molar-refractivity contribution in [1.29, 1.82) is 0 Å². The first-order valence-electron chi connectivity index (χ1n) is 4.94. The molecule has 1 nitrogen and oxygen atoms in total. The molecule has 1 heteroatoms. The Balaban J connectivity index is 2.03. The van der Waals surface area contributed by atoms with Crippen molar-refractivity contribution in [2.45, 2.75) is 39.5 Å². The Morgan fingerprint density at radius 1 is 1.27 bits per heavy atom. The molecular weight excluding hydrogens is 134 g/mol. The van der Waals surface area contributed by atoms with Crippen LogP contribution in [-0.4, -0.2) is 6.54 Å². The highest BCUT2D eigenvalue weighted by Crippen LogP contribution is 2.35. The second-order valence-corrected chi connectivity index (χ2v) is 4.21. The molecule has 0 spiro atoms. The molecule has 0 aromatic heterocycles. The largest absolute Gasteiger partial charge is 0.330 e. The number of rotatable bonds is 5. The second-order valence-electron chi connectivity index (χ2n) is 4.21. The van der Waals surface area contributed by atoms with Gasteiger partial charge in [0.1, 0.15) is 0 Å². The monoisotopic (exact) mass is 155 g/mol. The van der Waals surface area contributed by atoms with Crippen molar-refractivity contribution in [1.82, 2.24) is 0 Å². The number of hydrogen-bond acceptors (Lipinski definition) is 1. The third kappa shape index (κ3) is 3.24. The summed E-state index contributed by atoms with van der Waals surface area (Å²) < 4.78 is 0. The van der Waals surface area contributed by atoms with Crippen LogP contribution in [0.1, 0.15) is 39.5 Å². The lowest BCUT2D eigenvalue weighted by molar-refractivity contribution is 0.356. The summed E-state index contributed by atoms with van der Waals surface area (Å²) in [6.07, 6.45) is 5.82. The maximum Gasteiger partial charge on any atom is -0.00490 e. The standard InChI is InChI=1S/C10H21N/c1-8(9(2)7-11)3-4-10-5-6-10/h8-10H,3-7,11H2,1-2H3. The fourth-order valence-electron chi connectivity index (χ4n) is 1.42. The molecule has 2 atom stereocenters. The van der Waals surface area contributed by atoms with E-state index in [1.165, 1.54) is 25.7 Å². The van der Waals surface area contributed by atoms with Gasteiger partial charge >= 0.3 is 0 Å². The predicted molar refractivity (Wildman–Crippen MR) is 49.3 cm³/mol. The molecular formula is C10H21N. The molecule has 0 heterocycles.